The maximum absolute atomic E-state index is 13.2. The zero-order valence-electron chi connectivity index (χ0n) is 15.3. The van der Waals surface area contributed by atoms with Crippen molar-refractivity contribution >= 4 is 33.3 Å². The number of carboxylic acid groups (broad SMARTS) is 1. The van der Waals surface area contributed by atoms with E-state index in [9.17, 15) is 23.1 Å². The van der Waals surface area contributed by atoms with Crippen LogP contribution in [0.15, 0.2) is 53.4 Å². The summed E-state index contributed by atoms with van der Waals surface area (Å²) in [6.45, 7) is 4.47. The van der Waals surface area contributed by atoms with Gasteiger partial charge in [0, 0.05) is 12.6 Å². The molecule has 2 aromatic carbocycles. The number of hydrogen-bond donors (Lipinski definition) is 2. The number of carbonyl (C=O) groups is 2. The van der Waals surface area contributed by atoms with E-state index >= 15 is 0 Å². The fraction of sp³-hybridized carbons (Fsp3) is 0.263. The van der Waals surface area contributed by atoms with Crippen LogP contribution in [0.2, 0.25) is 0 Å². The maximum Gasteiger partial charge on any atom is 0.324 e. The summed E-state index contributed by atoms with van der Waals surface area (Å²) in [5, 5.41) is 11.8. The molecule has 0 aliphatic heterocycles. The van der Waals surface area contributed by atoms with E-state index in [0.717, 1.165) is 9.87 Å². The lowest BCUT2D eigenvalue weighted by atomic mass is 10.0. The Morgan fingerprint density at radius 3 is 2.19 bits per heavy atom. The molecule has 0 aromatic heterocycles. The average Bonchev–Trinajstić information content (AvgIpc) is 2.59. The van der Waals surface area contributed by atoms with Crippen molar-refractivity contribution in [3.63, 3.8) is 0 Å². The van der Waals surface area contributed by atoms with E-state index < -0.39 is 22.5 Å². The fourth-order valence-electron chi connectivity index (χ4n) is 2.67. The Hall–Kier alpha value is -2.87. The third kappa shape index (κ3) is 4.85. The molecule has 0 aliphatic carbocycles. The average molecular weight is 390 g/mol. The first kappa shape index (κ1) is 20.4. The van der Waals surface area contributed by atoms with Gasteiger partial charge in [0.1, 0.15) is 6.54 Å². The molecule has 0 saturated carbocycles. The summed E-state index contributed by atoms with van der Waals surface area (Å²) >= 11 is 0. The molecule has 27 heavy (non-hydrogen) atoms. The number of anilines is 2. The molecule has 144 valence electrons. The van der Waals surface area contributed by atoms with Crippen LogP contribution in [0.3, 0.4) is 0 Å². The number of benzene rings is 2. The van der Waals surface area contributed by atoms with Crippen molar-refractivity contribution in [1.82, 2.24) is 0 Å². The smallest absolute Gasteiger partial charge is 0.324 e. The molecule has 0 saturated heterocycles. The van der Waals surface area contributed by atoms with Crippen LogP contribution in [0, 0.1) is 0 Å². The topological polar surface area (TPSA) is 104 Å². The molecule has 0 atom stereocenters. The lowest BCUT2D eigenvalue weighted by molar-refractivity contribution is -0.135. The molecule has 2 rings (SSSR count). The maximum atomic E-state index is 13.2. The number of hydrogen-bond acceptors (Lipinski definition) is 4. The Morgan fingerprint density at radius 1 is 1.07 bits per heavy atom. The fourth-order valence-corrected chi connectivity index (χ4v) is 4.11. The lowest BCUT2D eigenvalue weighted by Crippen LogP contribution is -2.36. The van der Waals surface area contributed by atoms with Crippen molar-refractivity contribution in [3.05, 3.63) is 54.1 Å². The molecule has 0 aliphatic rings. The minimum atomic E-state index is -4.11. The van der Waals surface area contributed by atoms with Crippen LogP contribution in [-0.2, 0) is 19.6 Å². The second-order valence-corrected chi connectivity index (χ2v) is 8.19. The number of amides is 1. The number of aliphatic carboxylic acids is 1. The molecule has 8 heteroatoms. The first-order valence-electron chi connectivity index (χ1n) is 8.34. The van der Waals surface area contributed by atoms with Crippen molar-refractivity contribution in [2.24, 2.45) is 0 Å². The Balaban J connectivity index is 2.53. The number of carboxylic acids is 1. The highest BCUT2D eigenvalue weighted by atomic mass is 32.2. The highest BCUT2D eigenvalue weighted by Crippen LogP contribution is 2.31. The summed E-state index contributed by atoms with van der Waals surface area (Å²) in [4.78, 5) is 22.4. The van der Waals surface area contributed by atoms with Crippen LogP contribution in [0.25, 0.3) is 0 Å². The molecule has 1 amide bonds. The standard InChI is InChI=1S/C19H22N2O5S/c1-13(2)17-6-4-5-7-18(17)21(12-19(23)24)27(25,26)16-10-8-15(9-11-16)20-14(3)22/h4-11,13H,12H2,1-3H3,(H,20,22)(H,23,24). The van der Waals surface area contributed by atoms with Gasteiger partial charge in [-0.15, -0.1) is 0 Å². The zero-order valence-corrected chi connectivity index (χ0v) is 16.2. The Labute approximate surface area is 158 Å². The summed E-state index contributed by atoms with van der Waals surface area (Å²) in [6.07, 6.45) is 0. The van der Waals surface area contributed by atoms with Gasteiger partial charge in [0.25, 0.3) is 10.0 Å². The van der Waals surface area contributed by atoms with Crippen molar-refractivity contribution in [2.75, 3.05) is 16.2 Å². The molecule has 0 fully saturated rings. The van der Waals surface area contributed by atoms with Gasteiger partial charge >= 0.3 is 5.97 Å². The second kappa shape index (κ2) is 8.22. The monoisotopic (exact) mass is 390 g/mol. The van der Waals surface area contributed by atoms with Gasteiger partial charge in [-0.2, -0.15) is 0 Å². The normalized spacial score (nSPS) is 11.3. The highest BCUT2D eigenvalue weighted by molar-refractivity contribution is 7.92. The van der Waals surface area contributed by atoms with Crippen molar-refractivity contribution in [1.29, 1.82) is 0 Å². The number of nitrogens with zero attached hydrogens (tertiary/aromatic N) is 1. The van der Waals surface area contributed by atoms with E-state index in [2.05, 4.69) is 5.32 Å². The molecule has 2 N–H and O–H groups in total. The van der Waals surface area contributed by atoms with E-state index in [1.165, 1.54) is 31.2 Å². The highest BCUT2D eigenvalue weighted by Gasteiger charge is 2.29. The minimum absolute atomic E-state index is 0.00911. The predicted molar refractivity (Wildman–Crippen MR) is 103 cm³/mol. The van der Waals surface area contributed by atoms with Crippen LogP contribution in [0.5, 0.6) is 0 Å². The van der Waals surface area contributed by atoms with Gasteiger partial charge in [0.15, 0.2) is 0 Å². The predicted octanol–water partition coefficient (Wildman–Crippen LogP) is 3.05. The van der Waals surface area contributed by atoms with Gasteiger partial charge in [-0.1, -0.05) is 32.0 Å². The van der Waals surface area contributed by atoms with E-state index in [0.29, 0.717) is 11.4 Å². The van der Waals surface area contributed by atoms with Gasteiger partial charge in [-0.3, -0.25) is 13.9 Å². The van der Waals surface area contributed by atoms with Gasteiger partial charge < -0.3 is 10.4 Å². The molecule has 0 unspecified atom stereocenters. The molecular formula is C19H22N2O5S. The quantitative estimate of drug-likeness (QED) is 0.756. The van der Waals surface area contributed by atoms with Gasteiger partial charge in [-0.25, -0.2) is 8.42 Å². The Bertz CT molecular complexity index is 937. The summed E-state index contributed by atoms with van der Waals surface area (Å²) in [6, 6.07) is 12.4. The number of carbonyl (C=O) groups excluding carboxylic acids is 1. The van der Waals surface area contributed by atoms with Gasteiger partial charge in [0.2, 0.25) is 5.91 Å². The first-order chi connectivity index (χ1) is 12.6. The largest absolute Gasteiger partial charge is 0.480 e. The molecular weight excluding hydrogens is 368 g/mol. The van der Waals surface area contributed by atoms with Crippen LogP contribution < -0.4 is 9.62 Å². The molecule has 0 bridgehead atoms. The first-order valence-corrected chi connectivity index (χ1v) is 9.78. The third-order valence-corrected chi connectivity index (χ3v) is 5.64. The van der Waals surface area contributed by atoms with Crippen LogP contribution >= 0.6 is 0 Å². The van der Waals surface area contributed by atoms with Gasteiger partial charge in [0.05, 0.1) is 10.6 Å². The van der Waals surface area contributed by atoms with E-state index in [-0.39, 0.29) is 16.7 Å². The molecule has 0 radical (unpaired) electrons. The van der Waals surface area contributed by atoms with E-state index in [1.54, 1.807) is 24.3 Å². The van der Waals surface area contributed by atoms with Crippen molar-refractivity contribution < 1.29 is 23.1 Å². The summed E-state index contributed by atoms with van der Waals surface area (Å²) in [5.74, 6) is -1.52. The molecule has 0 spiro atoms. The summed E-state index contributed by atoms with van der Waals surface area (Å²) < 4.78 is 27.2. The minimum Gasteiger partial charge on any atom is -0.480 e. The number of sulfonamides is 1. The molecule has 0 heterocycles. The van der Waals surface area contributed by atoms with Gasteiger partial charge in [-0.05, 0) is 41.8 Å². The molecule has 7 nitrogen and oxygen atoms in total. The Kier molecular flexibility index (Phi) is 6.22. The van der Waals surface area contributed by atoms with Crippen molar-refractivity contribution in [2.45, 2.75) is 31.6 Å². The second-order valence-electron chi connectivity index (χ2n) is 6.32. The third-order valence-electron chi connectivity index (χ3n) is 3.87. The van der Waals surface area contributed by atoms with Crippen molar-refractivity contribution in [3.8, 4) is 0 Å². The Morgan fingerprint density at radius 2 is 1.67 bits per heavy atom. The summed E-state index contributed by atoms with van der Waals surface area (Å²) in [7, 11) is -4.11. The number of nitrogens with one attached hydrogen (secondary N) is 1. The van der Waals surface area contributed by atoms with Crippen LogP contribution in [0.4, 0.5) is 11.4 Å². The number of rotatable bonds is 7. The SMILES string of the molecule is CC(=O)Nc1ccc(S(=O)(=O)N(CC(=O)O)c2ccccc2C(C)C)cc1. The zero-order chi connectivity index (χ0) is 20.2. The lowest BCUT2D eigenvalue weighted by Gasteiger charge is -2.26. The van der Waals surface area contributed by atoms with E-state index in [4.69, 9.17) is 0 Å². The summed E-state index contributed by atoms with van der Waals surface area (Å²) in [5.41, 5.74) is 1.52. The number of para-hydroxylation sites is 1. The van der Waals surface area contributed by atoms with Crippen LogP contribution in [0.1, 0.15) is 32.3 Å². The van der Waals surface area contributed by atoms with Crippen LogP contribution in [-0.4, -0.2) is 31.9 Å². The van der Waals surface area contributed by atoms with E-state index in [1.807, 2.05) is 13.8 Å². The molecule has 2 aromatic rings.